The highest BCUT2D eigenvalue weighted by Gasteiger charge is 2.28. The van der Waals surface area contributed by atoms with Gasteiger partial charge < -0.3 is 30.7 Å². The van der Waals surface area contributed by atoms with E-state index in [-0.39, 0.29) is 17.7 Å². The second-order valence-electron chi connectivity index (χ2n) is 8.18. The number of aliphatic hydroxyl groups excluding tert-OH is 1. The van der Waals surface area contributed by atoms with Crippen molar-refractivity contribution in [2.75, 3.05) is 41.7 Å². The minimum Gasteiger partial charge on any atom is -0.420 e. The number of alkyl halides is 3. The van der Waals surface area contributed by atoms with Crippen molar-refractivity contribution in [3.05, 3.63) is 42.1 Å². The monoisotopic (exact) mass is 481 g/mol. The minimum absolute atomic E-state index is 0.125. The maximum absolute atomic E-state index is 12.8. The van der Waals surface area contributed by atoms with Gasteiger partial charge in [0.15, 0.2) is 5.82 Å². The molecule has 2 aliphatic heterocycles. The molecule has 3 heterocycles. The van der Waals surface area contributed by atoms with Crippen LogP contribution >= 0.6 is 11.6 Å². The molecule has 2 aromatic rings. The summed E-state index contributed by atoms with van der Waals surface area (Å²) in [5, 5.41) is 19.5. The zero-order valence-electron chi connectivity index (χ0n) is 17.9. The Hall–Kier alpha value is -2.69. The summed E-state index contributed by atoms with van der Waals surface area (Å²) in [6.45, 7) is 3.02. The zero-order valence-corrected chi connectivity index (χ0v) is 18.6. The molecule has 11 heteroatoms. The van der Waals surface area contributed by atoms with E-state index < -0.39 is 11.7 Å². The third kappa shape index (κ3) is 6.43. The number of benzene rings is 1. The molecule has 8 nitrogen and oxygen atoms in total. The summed E-state index contributed by atoms with van der Waals surface area (Å²) in [7, 11) is 0. The van der Waals surface area contributed by atoms with E-state index in [1.165, 1.54) is 30.5 Å². The fourth-order valence-corrected chi connectivity index (χ4v) is 4.09. The van der Waals surface area contributed by atoms with Gasteiger partial charge in [-0.2, -0.15) is 0 Å². The maximum atomic E-state index is 12.8. The highest BCUT2D eigenvalue weighted by molar-refractivity contribution is 6.20. The predicted molar refractivity (Wildman–Crippen MR) is 122 cm³/mol. The first-order chi connectivity index (χ1) is 15.8. The van der Waals surface area contributed by atoms with Gasteiger partial charge in [0.1, 0.15) is 5.75 Å². The second-order valence-corrected chi connectivity index (χ2v) is 8.62. The number of nitrogens with zero attached hydrogens (tertiary/aromatic N) is 2. The fraction of sp³-hybridized carbons (Fsp3) is 0.455. The van der Waals surface area contributed by atoms with Crippen molar-refractivity contribution >= 4 is 34.7 Å². The van der Waals surface area contributed by atoms with Gasteiger partial charge in [-0.1, -0.05) is 0 Å². The average molecular weight is 482 g/mol. The van der Waals surface area contributed by atoms with Gasteiger partial charge in [0.05, 0.1) is 17.4 Å². The van der Waals surface area contributed by atoms with E-state index in [2.05, 4.69) is 25.7 Å². The summed E-state index contributed by atoms with van der Waals surface area (Å²) >= 11 is 4.77. The second kappa shape index (κ2) is 10.1. The molecule has 2 saturated heterocycles. The Morgan fingerprint density at radius 2 is 1.97 bits per heavy atom. The molecule has 1 aromatic heterocycles. The molecule has 1 amide bonds. The van der Waals surface area contributed by atoms with Crippen molar-refractivity contribution in [2.24, 2.45) is 0 Å². The highest BCUT2D eigenvalue weighted by atomic mass is 35.5. The van der Waals surface area contributed by atoms with Crippen molar-refractivity contribution in [2.45, 2.75) is 37.0 Å². The van der Waals surface area contributed by atoms with Gasteiger partial charge in [0.25, 0.3) is 5.91 Å². The van der Waals surface area contributed by atoms with E-state index in [9.17, 15) is 18.7 Å². The van der Waals surface area contributed by atoms with Crippen LogP contribution in [0.2, 0.25) is 0 Å². The quantitative estimate of drug-likeness (QED) is 0.451. The molecule has 4 rings (SSSR count). The average Bonchev–Trinajstić information content (AvgIpc) is 3.21. The van der Waals surface area contributed by atoms with E-state index in [1.54, 1.807) is 6.07 Å². The highest BCUT2D eigenvalue weighted by Crippen LogP contribution is 2.30. The normalized spacial score (nSPS) is 19.4. The number of ether oxygens (including phenoxy) is 1. The van der Waals surface area contributed by atoms with Gasteiger partial charge in [0, 0.05) is 42.6 Å². The van der Waals surface area contributed by atoms with Crippen LogP contribution in [0, 0.1) is 0 Å². The molecule has 178 valence electrons. The van der Waals surface area contributed by atoms with Crippen molar-refractivity contribution in [3.8, 4) is 5.75 Å². The molecule has 0 spiro atoms. The Kier molecular flexibility index (Phi) is 7.16. The van der Waals surface area contributed by atoms with Crippen LogP contribution in [0.4, 0.5) is 26.0 Å². The van der Waals surface area contributed by atoms with Gasteiger partial charge in [-0.25, -0.2) is 4.98 Å². The first-order valence-electron chi connectivity index (χ1n) is 10.8. The van der Waals surface area contributed by atoms with Crippen LogP contribution in [0.25, 0.3) is 0 Å². The standard InChI is InChI=1S/C22H26ClF2N5O3/c23-22(24,25)33-18-3-1-15(2-4-18)29-21(32)14-11-19(28-16-5-8-26-9-6-16)20(27-12-14)30-10-7-17(31)13-30/h1-4,11-12,16-17,26,28,31H,5-10,13H2,(H,29,32). The van der Waals surface area contributed by atoms with Crippen molar-refractivity contribution in [3.63, 3.8) is 0 Å². The molecule has 0 saturated carbocycles. The van der Waals surface area contributed by atoms with Gasteiger partial charge in [-0.15, -0.1) is 8.78 Å². The smallest absolute Gasteiger partial charge is 0.420 e. The number of hydrogen-bond acceptors (Lipinski definition) is 7. The molecule has 0 aliphatic carbocycles. The van der Waals surface area contributed by atoms with Crippen LogP contribution in [0.5, 0.6) is 5.75 Å². The molecule has 0 radical (unpaired) electrons. The molecule has 0 bridgehead atoms. The number of piperidine rings is 1. The van der Waals surface area contributed by atoms with Gasteiger partial charge in [0.2, 0.25) is 0 Å². The van der Waals surface area contributed by atoms with E-state index in [4.69, 9.17) is 11.6 Å². The Morgan fingerprint density at radius 3 is 2.61 bits per heavy atom. The molecule has 1 atom stereocenters. The number of carbonyl (C=O) groups is 1. The Bertz CT molecular complexity index is 967. The molecule has 2 aliphatic rings. The molecule has 1 aromatic carbocycles. The lowest BCUT2D eigenvalue weighted by Crippen LogP contribution is -2.36. The first-order valence-corrected chi connectivity index (χ1v) is 11.2. The number of nitrogens with one attached hydrogen (secondary N) is 3. The SMILES string of the molecule is O=C(Nc1ccc(OC(F)(F)Cl)cc1)c1cnc(N2CCC(O)C2)c(NC2CCNCC2)c1. The van der Waals surface area contributed by atoms with Crippen LogP contribution in [-0.2, 0) is 0 Å². The van der Waals surface area contributed by atoms with E-state index in [0.29, 0.717) is 36.6 Å². The van der Waals surface area contributed by atoms with Crippen LogP contribution < -0.4 is 25.6 Å². The maximum Gasteiger partial charge on any atom is 0.487 e. The Morgan fingerprint density at radius 1 is 1.24 bits per heavy atom. The Labute approximate surface area is 195 Å². The van der Waals surface area contributed by atoms with Crippen LogP contribution in [0.3, 0.4) is 0 Å². The fourth-order valence-electron chi connectivity index (χ4n) is 4.00. The number of carbonyl (C=O) groups excluding carboxylic acids is 1. The van der Waals surface area contributed by atoms with E-state index in [0.717, 1.165) is 31.6 Å². The molecule has 2 fully saturated rings. The first kappa shape index (κ1) is 23.5. The summed E-state index contributed by atoms with van der Waals surface area (Å²) in [6, 6.07) is 7.47. The van der Waals surface area contributed by atoms with Gasteiger partial charge in [-0.3, -0.25) is 4.79 Å². The van der Waals surface area contributed by atoms with Crippen molar-refractivity contribution < 1.29 is 23.4 Å². The van der Waals surface area contributed by atoms with Gasteiger partial charge >= 0.3 is 5.57 Å². The summed E-state index contributed by atoms with van der Waals surface area (Å²) in [5.74, 6) is 0.200. The number of halogens is 3. The lowest BCUT2D eigenvalue weighted by Gasteiger charge is -2.28. The number of amides is 1. The number of hydrogen-bond donors (Lipinski definition) is 4. The zero-order chi connectivity index (χ0) is 23.4. The van der Waals surface area contributed by atoms with Crippen molar-refractivity contribution in [1.29, 1.82) is 0 Å². The van der Waals surface area contributed by atoms with Crippen LogP contribution in [0.15, 0.2) is 36.5 Å². The number of β-amino-alcohol motifs (C(OH)–C–C–N with tert-alkyl or cyclic N) is 1. The molecule has 4 N–H and O–H groups in total. The number of aliphatic hydroxyl groups is 1. The topological polar surface area (TPSA) is 98.8 Å². The number of pyridine rings is 1. The van der Waals surface area contributed by atoms with E-state index >= 15 is 0 Å². The summed E-state index contributed by atoms with van der Waals surface area (Å²) < 4.78 is 29.8. The van der Waals surface area contributed by atoms with Crippen molar-refractivity contribution in [1.82, 2.24) is 10.3 Å². The number of anilines is 3. The predicted octanol–water partition coefficient (Wildman–Crippen LogP) is 3.24. The van der Waals surface area contributed by atoms with Gasteiger partial charge in [-0.05, 0) is 62.7 Å². The molecular weight excluding hydrogens is 456 g/mol. The number of rotatable bonds is 7. The van der Waals surface area contributed by atoms with Crippen LogP contribution in [0.1, 0.15) is 29.6 Å². The third-order valence-electron chi connectivity index (χ3n) is 5.64. The Balaban J connectivity index is 1.50. The minimum atomic E-state index is -3.80. The summed E-state index contributed by atoms with van der Waals surface area (Å²) in [6.07, 6.45) is 3.68. The molecule has 1 unspecified atom stereocenters. The third-order valence-corrected chi connectivity index (χ3v) is 5.71. The molecular formula is C22H26ClF2N5O3. The number of aromatic nitrogens is 1. The largest absolute Gasteiger partial charge is 0.487 e. The van der Waals surface area contributed by atoms with Crippen LogP contribution in [-0.4, -0.2) is 59.9 Å². The van der Waals surface area contributed by atoms with E-state index in [1.807, 2.05) is 4.90 Å². The lowest BCUT2D eigenvalue weighted by atomic mass is 10.1. The molecule has 33 heavy (non-hydrogen) atoms. The summed E-state index contributed by atoms with van der Waals surface area (Å²) in [5.41, 5.74) is -2.30. The summed E-state index contributed by atoms with van der Waals surface area (Å²) in [4.78, 5) is 19.4. The lowest BCUT2D eigenvalue weighted by molar-refractivity contribution is -0.0964.